The molecule has 5 rings (SSSR count). The third-order valence-corrected chi connectivity index (χ3v) is 8.81. The van der Waals surface area contributed by atoms with Gasteiger partial charge >= 0.3 is 6.09 Å². The Labute approximate surface area is 265 Å². The van der Waals surface area contributed by atoms with Gasteiger partial charge in [0.1, 0.15) is 17.6 Å². The maximum atomic E-state index is 11.7. The van der Waals surface area contributed by atoms with E-state index in [0.717, 1.165) is 57.0 Å². The second-order valence-electron chi connectivity index (χ2n) is 14.8. The number of hydrogen-bond acceptors (Lipinski definition) is 6. The van der Waals surface area contributed by atoms with Crippen LogP contribution < -0.4 is 10.1 Å². The monoisotopic (exact) mass is 605 g/mol. The Kier molecular flexibility index (Phi) is 11.9. The lowest BCUT2D eigenvalue weighted by molar-refractivity contribution is -0.108. The Hall–Kier alpha value is -2.90. The molecule has 1 aliphatic carbocycles. The summed E-state index contributed by atoms with van der Waals surface area (Å²) in [6.07, 6.45) is 5.79. The molecule has 2 aromatic rings. The van der Waals surface area contributed by atoms with Gasteiger partial charge in [-0.3, -0.25) is 4.90 Å². The fourth-order valence-corrected chi connectivity index (χ4v) is 5.90. The minimum absolute atomic E-state index is 0.239. The van der Waals surface area contributed by atoms with E-state index in [-0.39, 0.29) is 17.6 Å². The molecule has 2 unspecified atom stereocenters. The number of carbonyl (C=O) groups is 2. The predicted molar refractivity (Wildman–Crippen MR) is 177 cm³/mol. The van der Waals surface area contributed by atoms with E-state index in [9.17, 15) is 9.59 Å². The standard InChI is InChI=1S/C25H34N2O.C12H21NO3/c1-25(2,3)23-17-27(16-15-26-23)24(20-7-5-4-6-8-20)21-11-13-22(14-12-21)28-18-19-9-10-19;1-12(2,3)16-11(15)13-7-4-10(5-8-13)6-9-14/h4-8,11-14,19,23-24,26H,9-10,15-18H2,1-3H3;9-10H,4-8H2,1-3H3. The fourth-order valence-electron chi connectivity index (χ4n) is 5.90. The molecule has 2 saturated heterocycles. The van der Waals surface area contributed by atoms with Gasteiger partial charge in [0.15, 0.2) is 0 Å². The van der Waals surface area contributed by atoms with E-state index in [1.54, 1.807) is 4.90 Å². The van der Waals surface area contributed by atoms with E-state index >= 15 is 0 Å². The summed E-state index contributed by atoms with van der Waals surface area (Å²) in [5.74, 6) is 2.22. The van der Waals surface area contributed by atoms with Crippen molar-refractivity contribution in [1.82, 2.24) is 15.1 Å². The predicted octanol–water partition coefficient (Wildman–Crippen LogP) is 7.11. The molecule has 44 heavy (non-hydrogen) atoms. The Morgan fingerprint density at radius 3 is 2.09 bits per heavy atom. The number of carbonyl (C=O) groups excluding carboxylic acids is 2. The van der Waals surface area contributed by atoms with Crippen LogP contribution in [0.15, 0.2) is 54.6 Å². The third kappa shape index (κ3) is 10.6. The summed E-state index contributed by atoms with van der Waals surface area (Å²) in [5, 5.41) is 3.73. The van der Waals surface area contributed by atoms with E-state index in [0.29, 0.717) is 31.5 Å². The van der Waals surface area contributed by atoms with Crippen LogP contribution in [0.25, 0.3) is 0 Å². The normalized spacial score (nSPS) is 20.7. The summed E-state index contributed by atoms with van der Waals surface area (Å²) in [7, 11) is 0. The summed E-state index contributed by atoms with van der Waals surface area (Å²) >= 11 is 0. The van der Waals surface area contributed by atoms with Crippen molar-refractivity contribution < 1.29 is 19.1 Å². The van der Waals surface area contributed by atoms with Crippen LogP contribution in [-0.2, 0) is 9.53 Å². The molecular weight excluding hydrogens is 550 g/mol. The van der Waals surface area contributed by atoms with Gasteiger partial charge in [-0.2, -0.15) is 0 Å². The highest BCUT2D eigenvalue weighted by molar-refractivity contribution is 5.68. The van der Waals surface area contributed by atoms with Gasteiger partial charge in [-0.05, 0) is 87.0 Å². The average Bonchev–Trinajstić information content (AvgIpc) is 3.82. The number of benzene rings is 2. The highest BCUT2D eigenvalue weighted by Gasteiger charge is 2.33. The number of ether oxygens (including phenoxy) is 2. The molecule has 2 atom stereocenters. The summed E-state index contributed by atoms with van der Waals surface area (Å²) in [5.41, 5.74) is 2.53. The largest absolute Gasteiger partial charge is 0.493 e. The quantitative estimate of drug-likeness (QED) is 0.324. The van der Waals surface area contributed by atoms with Gasteiger partial charge in [-0.15, -0.1) is 0 Å². The molecule has 0 aromatic heterocycles. The second-order valence-corrected chi connectivity index (χ2v) is 14.8. The van der Waals surface area contributed by atoms with Crippen molar-refractivity contribution in [3.8, 4) is 5.75 Å². The molecule has 3 fully saturated rings. The van der Waals surface area contributed by atoms with Crippen molar-refractivity contribution >= 4 is 12.4 Å². The number of nitrogens with zero attached hydrogens (tertiary/aromatic N) is 2. The van der Waals surface area contributed by atoms with Crippen molar-refractivity contribution in [1.29, 1.82) is 0 Å². The van der Waals surface area contributed by atoms with E-state index in [4.69, 9.17) is 9.47 Å². The smallest absolute Gasteiger partial charge is 0.410 e. The molecule has 1 saturated carbocycles. The number of aldehydes is 1. The van der Waals surface area contributed by atoms with E-state index in [1.807, 2.05) is 20.8 Å². The first kappa shape index (κ1) is 34.0. The van der Waals surface area contributed by atoms with Gasteiger partial charge in [0.25, 0.3) is 0 Å². The molecule has 2 aromatic carbocycles. The minimum Gasteiger partial charge on any atom is -0.493 e. The molecular formula is C37H55N3O4. The van der Waals surface area contributed by atoms with Gasteiger partial charge in [0.2, 0.25) is 0 Å². The van der Waals surface area contributed by atoms with Crippen molar-refractivity contribution in [2.75, 3.05) is 39.3 Å². The van der Waals surface area contributed by atoms with Gasteiger partial charge in [0.05, 0.1) is 12.6 Å². The number of rotatable bonds is 8. The summed E-state index contributed by atoms with van der Waals surface area (Å²) in [6, 6.07) is 20.5. The Morgan fingerprint density at radius 1 is 0.886 bits per heavy atom. The molecule has 2 heterocycles. The summed E-state index contributed by atoms with van der Waals surface area (Å²) in [4.78, 5) is 26.5. The van der Waals surface area contributed by atoms with Gasteiger partial charge in [-0.25, -0.2) is 4.79 Å². The highest BCUT2D eigenvalue weighted by atomic mass is 16.6. The molecule has 1 N–H and O–H groups in total. The Morgan fingerprint density at radius 2 is 1.52 bits per heavy atom. The average molecular weight is 606 g/mol. The van der Waals surface area contributed by atoms with E-state index in [1.165, 1.54) is 24.0 Å². The molecule has 0 radical (unpaired) electrons. The van der Waals surface area contributed by atoms with Crippen LogP contribution >= 0.6 is 0 Å². The van der Waals surface area contributed by atoms with Gasteiger partial charge < -0.3 is 24.5 Å². The van der Waals surface area contributed by atoms with Crippen LogP contribution in [0.2, 0.25) is 0 Å². The molecule has 3 aliphatic rings. The Balaban J connectivity index is 0.000000236. The Bertz CT molecular complexity index is 1160. The first-order valence-electron chi connectivity index (χ1n) is 16.6. The number of piperazine rings is 1. The van der Waals surface area contributed by atoms with Crippen LogP contribution in [-0.4, -0.2) is 73.2 Å². The van der Waals surface area contributed by atoms with Crippen molar-refractivity contribution in [2.24, 2.45) is 17.3 Å². The molecule has 0 spiro atoms. The summed E-state index contributed by atoms with van der Waals surface area (Å²) < 4.78 is 11.2. The topological polar surface area (TPSA) is 71.1 Å². The first-order chi connectivity index (χ1) is 20.9. The fraction of sp³-hybridized carbons (Fsp3) is 0.622. The maximum absolute atomic E-state index is 11.7. The van der Waals surface area contributed by atoms with E-state index in [2.05, 4.69) is 85.6 Å². The lowest BCUT2D eigenvalue weighted by atomic mass is 9.84. The lowest BCUT2D eigenvalue weighted by Crippen LogP contribution is -2.56. The number of nitrogens with one attached hydrogen (secondary N) is 1. The van der Waals surface area contributed by atoms with Crippen LogP contribution in [0.3, 0.4) is 0 Å². The third-order valence-electron chi connectivity index (χ3n) is 8.81. The molecule has 242 valence electrons. The zero-order chi connectivity index (χ0) is 31.7. The zero-order valence-electron chi connectivity index (χ0n) is 27.9. The van der Waals surface area contributed by atoms with Crippen LogP contribution in [0.4, 0.5) is 4.79 Å². The molecule has 0 bridgehead atoms. The first-order valence-corrected chi connectivity index (χ1v) is 16.6. The number of piperidine rings is 1. The second kappa shape index (κ2) is 15.4. The van der Waals surface area contributed by atoms with Gasteiger partial charge in [-0.1, -0.05) is 63.2 Å². The summed E-state index contributed by atoms with van der Waals surface area (Å²) in [6.45, 7) is 18.0. The van der Waals surface area contributed by atoms with E-state index < -0.39 is 5.60 Å². The molecule has 1 amide bonds. The molecule has 2 aliphatic heterocycles. The number of likely N-dealkylation sites (tertiary alicyclic amines) is 1. The minimum atomic E-state index is -0.434. The van der Waals surface area contributed by atoms with Crippen LogP contribution in [0.5, 0.6) is 5.75 Å². The number of amides is 1. The van der Waals surface area contributed by atoms with Crippen LogP contribution in [0.1, 0.15) is 90.8 Å². The van der Waals surface area contributed by atoms with Gasteiger partial charge in [0, 0.05) is 45.2 Å². The van der Waals surface area contributed by atoms with Crippen molar-refractivity contribution in [2.45, 2.75) is 91.3 Å². The zero-order valence-corrected chi connectivity index (χ0v) is 27.9. The van der Waals surface area contributed by atoms with Crippen molar-refractivity contribution in [3.63, 3.8) is 0 Å². The highest BCUT2D eigenvalue weighted by Crippen LogP contribution is 2.34. The van der Waals surface area contributed by atoms with Crippen LogP contribution in [0, 0.1) is 17.3 Å². The van der Waals surface area contributed by atoms with Crippen molar-refractivity contribution in [3.05, 3.63) is 65.7 Å². The number of hydrogen-bond donors (Lipinski definition) is 1. The molecule has 7 nitrogen and oxygen atoms in total. The SMILES string of the molecule is CC(C)(C)C1CN(C(c2ccccc2)c2ccc(OCC3CC3)cc2)CCN1.CC(C)(C)OC(=O)N1CCC(CC=O)CC1. The lowest BCUT2D eigenvalue weighted by Gasteiger charge is -2.44. The molecule has 7 heteroatoms. The maximum Gasteiger partial charge on any atom is 0.410 e.